The SMILES string of the molecule is CC(CCC(=O)N1CCN(c2ccccc2)CC1)C1CCC2C3CCC4CC(O)CCC4(C)C3CC(O)C12C. The molecule has 1 aromatic rings. The minimum absolute atomic E-state index is 0.0255. The maximum Gasteiger partial charge on any atom is 0.222 e. The van der Waals surface area contributed by atoms with Gasteiger partial charge < -0.3 is 20.0 Å². The summed E-state index contributed by atoms with van der Waals surface area (Å²) < 4.78 is 0. The Balaban J connectivity index is 1.06. The number of anilines is 1. The minimum atomic E-state index is -0.247. The second-order valence-corrected chi connectivity index (χ2v) is 14.6. The van der Waals surface area contributed by atoms with Crippen LogP contribution in [0.1, 0.15) is 85.0 Å². The van der Waals surface area contributed by atoms with Crippen molar-refractivity contribution in [2.75, 3.05) is 31.1 Å². The number of piperazine rings is 1. The van der Waals surface area contributed by atoms with Gasteiger partial charge in [-0.1, -0.05) is 39.0 Å². The second kappa shape index (κ2) is 10.7. The molecule has 1 amide bonds. The lowest BCUT2D eigenvalue weighted by Gasteiger charge is -2.62. The first kappa shape index (κ1) is 27.6. The van der Waals surface area contributed by atoms with E-state index in [-0.39, 0.29) is 23.0 Å². The molecule has 6 rings (SSSR count). The number of benzene rings is 1. The fourth-order valence-electron chi connectivity index (χ4n) is 10.7. The highest BCUT2D eigenvalue weighted by molar-refractivity contribution is 5.76. The molecule has 0 aromatic heterocycles. The van der Waals surface area contributed by atoms with Gasteiger partial charge in [-0.2, -0.15) is 0 Å². The summed E-state index contributed by atoms with van der Waals surface area (Å²) in [5.41, 5.74) is 1.51. The van der Waals surface area contributed by atoms with Crippen LogP contribution in [0.2, 0.25) is 0 Å². The number of para-hydroxylation sites is 1. The van der Waals surface area contributed by atoms with Gasteiger partial charge in [0.15, 0.2) is 0 Å². The molecule has 5 nitrogen and oxygen atoms in total. The average Bonchev–Trinajstić information content (AvgIpc) is 3.32. The van der Waals surface area contributed by atoms with Crippen molar-refractivity contribution in [3.63, 3.8) is 0 Å². The zero-order chi connectivity index (χ0) is 27.4. The van der Waals surface area contributed by atoms with E-state index >= 15 is 0 Å². The lowest BCUT2D eigenvalue weighted by Crippen LogP contribution is -2.58. The van der Waals surface area contributed by atoms with Crippen LogP contribution < -0.4 is 4.90 Å². The third-order valence-corrected chi connectivity index (χ3v) is 13.1. The number of rotatable bonds is 5. The molecule has 0 bridgehead atoms. The molecule has 1 saturated heterocycles. The zero-order valence-corrected chi connectivity index (χ0v) is 24.6. The van der Waals surface area contributed by atoms with Gasteiger partial charge in [-0.05, 0) is 116 Å². The van der Waals surface area contributed by atoms with Crippen LogP contribution in [0.25, 0.3) is 0 Å². The first-order chi connectivity index (χ1) is 18.7. The van der Waals surface area contributed by atoms with Gasteiger partial charge in [-0.3, -0.25) is 4.79 Å². The molecule has 216 valence electrons. The van der Waals surface area contributed by atoms with Crippen LogP contribution in [-0.4, -0.2) is 59.4 Å². The Morgan fingerprint density at radius 1 is 0.949 bits per heavy atom. The molecule has 4 saturated carbocycles. The highest BCUT2D eigenvalue weighted by Gasteiger charge is 2.63. The maximum absolute atomic E-state index is 13.2. The van der Waals surface area contributed by atoms with Crippen molar-refractivity contribution in [2.24, 2.45) is 46.3 Å². The Bertz CT molecular complexity index is 1010. The lowest BCUT2D eigenvalue weighted by atomic mass is 9.43. The van der Waals surface area contributed by atoms with Crippen LogP contribution in [0.15, 0.2) is 30.3 Å². The van der Waals surface area contributed by atoms with E-state index in [4.69, 9.17) is 0 Å². The fourth-order valence-corrected chi connectivity index (χ4v) is 10.7. The van der Waals surface area contributed by atoms with E-state index in [9.17, 15) is 15.0 Å². The van der Waals surface area contributed by atoms with Crippen LogP contribution in [-0.2, 0) is 4.79 Å². The Labute approximate surface area is 236 Å². The Kier molecular flexibility index (Phi) is 7.54. The van der Waals surface area contributed by atoms with E-state index < -0.39 is 0 Å². The highest BCUT2D eigenvalue weighted by atomic mass is 16.3. The molecule has 5 fully saturated rings. The van der Waals surface area contributed by atoms with Crippen LogP contribution in [0.3, 0.4) is 0 Å². The summed E-state index contributed by atoms with van der Waals surface area (Å²) in [4.78, 5) is 17.7. The first-order valence-electron chi connectivity index (χ1n) is 16.2. The third kappa shape index (κ3) is 4.74. The number of aliphatic hydroxyl groups excluding tert-OH is 2. The second-order valence-electron chi connectivity index (χ2n) is 14.6. The van der Waals surface area contributed by atoms with Crippen LogP contribution >= 0.6 is 0 Å². The standard InChI is InChI=1S/C34H52N2O3/c1-23(9-14-32(39)36-19-17-35(18-20-36)25-7-5-4-6-8-25)28-12-13-29-27-11-10-24-21-26(37)15-16-33(24,2)30(27)22-31(38)34(28,29)3/h4-8,23-24,26-31,37-38H,9-22H2,1-3H3. The fraction of sp³-hybridized carbons (Fsp3) is 0.794. The van der Waals surface area contributed by atoms with E-state index in [0.29, 0.717) is 41.9 Å². The highest BCUT2D eigenvalue weighted by Crippen LogP contribution is 2.68. The van der Waals surface area contributed by atoms with Crippen LogP contribution in [0, 0.1) is 46.3 Å². The molecular formula is C34H52N2O3. The molecule has 5 heteroatoms. The summed E-state index contributed by atoms with van der Waals surface area (Å²) in [6.07, 6.45) is 10.1. The molecule has 0 spiro atoms. The maximum atomic E-state index is 13.2. The predicted octanol–water partition coefficient (Wildman–Crippen LogP) is 5.74. The smallest absolute Gasteiger partial charge is 0.222 e. The van der Waals surface area contributed by atoms with Gasteiger partial charge in [0.05, 0.1) is 12.2 Å². The van der Waals surface area contributed by atoms with E-state index in [1.165, 1.54) is 31.4 Å². The van der Waals surface area contributed by atoms with E-state index in [1.807, 2.05) is 0 Å². The Morgan fingerprint density at radius 3 is 2.44 bits per heavy atom. The summed E-state index contributed by atoms with van der Waals surface area (Å²) >= 11 is 0. The van der Waals surface area contributed by atoms with Crippen molar-refractivity contribution < 1.29 is 15.0 Å². The van der Waals surface area contributed by atoms with Gasteiger partial charge in [0.2, 0.25) is 5.91 Å². The zero-order valence-electron chi connectivity index (χ0n) is 24.6. The molecule has 1 aliphatic heterocycles. The molecule has 1 heterocycles. The lowest BCUT2D eigenvalue weighted by molar-refractivity contribution is -0.175. The summed E-state index contributed by atoms with van der Waals surface area (Å²) in [6, 6.07) is 10.5. The molecule has 39 heavy (non-hydrogen) atoms. The topological polar surface area (TPSA) is 64.0 Å². The number of carbonyl (C=O) groups excluding carboxylic acids is 1. The van der Waals surface area contributed by atoms with Crippen molar-refractivity contribution in [2.45, 2.75) is 97.2 Å². The molecule has 0 radical (unpaired) electrons. The minimum Gasteiger partial charge on any atom is -0.393 e. The van der Waals surface area contributed by atoms with Gasteiger partial charge in [0.25, 0.3) is 0 Å². The number of hydrogen-bond donors (Lipinski definition) is 2. The summed E-state index contributed by atoms with van der Waals surface area (Å²) in [6.45, 7) is 10.7. The number of fused-ring (bicyclic) bond motifs is 5. The first-order valence-corrected chi connectivity index (χ1v) is 16.2. The van der Waals surface area contributed by atoms with Crippen molar-refractivity contribution >= 4 is 11.6 Å². The van der Waals surface area contributed by atoms with Crippen molar-refractivity contribution in [1.82, 2.24) is 4.90 Å². The Hall–Kier alpha value is -1.59. The summed E-state index contributed by atoms with van der Waals surface area (Å²) in [7, 11) is 0. The van der Waals surface area contributed by atoms with Crippen LogP contribution in [0.4, 0.5) is 5.69 Å². The molecule has 5 aliphatic rings. The largest absolute Gasteiger partial charge is 0.393 e. The molecular weight excluding hydrogens is 484 g/mol. The number of carbonyl (C=O) groups is 1. The molecule has 10 unspecified atom stereocenters. The van der Waals surface area contributed by atoms with Gasteiger partial charge in [0, 0.05) is 38.3 Å². The number of hydrogen-bond acceptors (Lipinski definition) is 4. The normalized spacial score (nSPS) is 42.8. The average molecular weight is 537 g/mol. The third-order valence-electron chi connectivity index (χ3n) is 13.1. The molecule has 4 aliphatic carbocycles. The quantitative estimate of drug-likeness (QED) is 0.504. The van der Waals surface area contributed by atoms with Gasteiger partial charge >= 0.3 is 0 Å². The van der Waals surface area contributed by atoms with Crippen molar-refractivity contribution in [1.29, 1.82) is 0 Å². The van der Waals surface area contributed by atoms with Gasteiger partial charge in [-0.25, -0.2) is 0 Å². The monoisotopic (exact) mass is 536 g/mol. The molecule has 10 atom stereocenters. The Morgan fingerprint density at radius 2 is 1.69 bits per heavy atom. The molecule has 1 aromatic carbocycles. The number of nitrogens with zero attached hydrogens (tertiary/aromatic N) is 2. The van der Waals surface area contributed by atoms with Gasteiger partial charge in [0.1, 0.15) is 0 Å². The van der Waals surface area contributed by atoms with E-state index in [0.717, 1.165) is 64.2 Å². The van der Waals surface area contributed by atoms with E-state index in [1.54, 1.807) is 0 Å². The summed E-state index contributed by atoms with van der Waals surface area (Å²) in [5.74, 6) is 3.80. The summed E-state index contributed by atoms with van der Waals surface area (Å²) in [5, 5.41) is 22.2. The van der Waals surface area contributed by atoms with E-state index in [2.05, 4.69) is 60.9 Å². The molecule has 2 N–H and O–H groups in total. The van der Waals surface area contributed by atoms with Crippen molar-refractivity contribution in [3.05, 3.63) is 30.3 Å². The van der Waals surface area contributed by atoms with Crippen LogP contribution in [0.5, 0.6) is 0 Å². The predicted molar refractivity (Wildman–Crippen MR) is 156 cm³/mol. The number of aliphatic hydroxyl groups is 2. The number of amides is 1. The van der Waals surface area contributed by atoms with Gasteiger partial charge in [-0.15, -0.1) is 0 Å². The van der Waals surface area contributed by atoms with Crippen molar-refractivity contribution in [3.8, 4) is 0 Å².